The number of allylic oxidation sites excluding steroid dienone is 1. The molecule has 68 valence electrons. The van der Waals surface area contributed by atoms with Crippen LogP contribution in [0, 0.1) is 0 Å². The first kappa shape index (κ1) is 9.52. The van der Waals surface area contributed by atoms with E-state index >= 15 is 0 Å². The van der Waals surface area contributed by atoms with Gasteiger partial charge in [0.05, 0.1) is 0 Å². The second kappa shape index (κ2) is 4.45. The Hall–Kier alpha value is -1.57. The lowest BCUT2D eigenvalue weighted by Gasteiger charge is -2.01. The summed E-state index contributed by atoms with van der Waals surface area (Å²) in [5.41, 5.74) is 1.97. The van der Waals surface area contributed by atoms with Crippen LogP contribution >= 0.6 is 0 Å². The molecule has 0 unspecified atom stereocenters. The standard InChI is InChI=1S/C11H13NO/c1-3-4-10-5-7-11(8-6-10)12-9(2)13/h3-8H,1-2H3,(H,12,13). The van der Waals surface area contributed by atoms with E-state index in [9.17, 15) is 4.79 Å². The maximum absolute atomic E-state index is 10.7. The summed E-state index contributed by atoms with van der Waals surface area (Å²) in [7, 11) is 0. The highest BCUT2D eigenvalue weighted by atomic mass is 16.1. The molecule has 0 spiro atoms. The summed E-state index contributed by atoms with van der Waals surface area (Å²) in [6.45, 7) is 3.47. The van der Waals surface area contributed by atoms with Crippen LogP contribution in [-0.4, -0.2) is 5.91 Å². The largest absolute Gasteiger partial charge is 0.326 e. The van der Waals surface area contributed by atoms with E-state index < -0.39 is 0 Å². The molecule has 1 N–H and O–H groups in total. The van der Waals surface area contributed by atoms with Crippen LogP contribution in [0.1, 0.15) is 19.4 Å². The quantitative estimate of drug-likeness (QED) is 0.735. The number of anilines is 1. The fourth-order valence-corrected chi connectivity index (χ4v) is 1.07. The summed E-state index contributed by atoms with van der Waals surface area (Å²) in [5, 5.41) is 2.71. The van der Waals surface area contributed by atoms with Gasteiger partial charge in [-0.3, -0.25) is 4.79 Å². The maximum atomic E-state index is 10.7. The first-order valence-electron chi connectivity index (χ1n) is 4.22. The molecule has 13 heavy (non-hydrogen) atoms. The van der Waals surface area contributed by atoms with E-state index in [0.29, 0.717) is 0 Å². The van der Waals surface area contributed by atoms with Crippen molar-refractivity contribution in [3.05, 3.63) is 35.9 Å². The minimum atomic E-state index is -0.0428. The lowest BCUT2D eigenvalue weighted by atomic mass is 10.2. The van der Waals surface area contributed by atoms with Crippen LogP contribution < -0.4 is 5.32 Å². The van der Waals surface area contributed by atoms with Crippen LogP contribution in [-0.2, 0) is 4.79 Å². The van der Waals surface area contributed by atoms with Gasteiger partial charge in [0.25, 0.3) is 0 Å². The van der Waals surface area contributed by atoms with Gasteiger partial charge >= 0.3 is 0 Å². The summed E-state index contributed by atoms with van der Waals surface area (Å²) in [5.74, 6) is -0.0428. The zero-order valence-corrected chi connectivity index (χ0v) is 7.87. The average Bonchev–Trinajstić information content (AvgIpc) is 2.08. The first-order chi connectivity index (χ1) is 6.22. The number of benzene rings is 1. The average molecular weight is 175 g/mol. The molecule has 0 aromatic heterocycles. The Balaban J connectivity index is 2.75. The zero-order chi connectivity index (χ0) is 9.68. The number of hydrogen-bond donors (Lipinski definition) is 1. The predicted octanol–water partition coefficient (Wildman–Crippen LogP) is 2.68. The number of amides is 1. The van der Waals surface area contributed by atoms with Crippen LogP contribution in [0.2, 0.25) is 0 Å². The van der Waals surface area contributed by atoms with E-state index in [1.165, 1.54) is 6.92 Å². The Kier molecular flexibility index (Phi) is 3.26. The number of carbonyl (C=O) groups is 1. The topological polar surface area (TPSA) is 29.1 Å². The van der Waals surface area contributed by atoms with Gasteiger partial charge < -0.3 is 5.32 Å². The van der Waals surface area contributed by atoms with Crippen molar-refractivity contribution in [1.82, 2.24) is 0 Å². The lowest BCUT2D eigenvalue weighted by Crippen LogP contribution is -2.05. The Morgan fingerprint density at radius 1 is 1.31 bits per heavy atom. The number of rotatable bonds is 2. The molecule has 0 radical (unpaired) electrons. The van der Waals surface area contributed by atoms with E-state index in [1.807, 2.05) is 43.3 Å². The highest BCUT2D eigenvalue weighted by molar-refractivity contribution is 5.88. The third-order valence-corrected chi connectivity index (χ3v) is 1.59. The summed E-state index contributed by atoms with van der Waals surface area (Å²) in [6.07, 6.45) is 3.99. The Morgan fingerprint density at radius 3 is 2.38 bits per heavy atom. The van der Waals surface area contributed by atoms with Crippen LogP contribution in [0.3, 0.4) is 0 Å². The van der Waals surface area contributed by atoms with Gasteiger partial charge in [-0.15, -0.1) is 0 Å². The zero-order valence-electron chi connectivity index (χ0n) is 7.87. The summed E-state index contributed by atoms with van der Waals surface area (Å²) in [6, 6.07) is 7.70. The molecule has 0 saturated heterocycles. The third-order valence-electron chi connectivity index (χ3n) is 1.59. The second-order valence-electron chi connectivity index (χ2n) is 2.80. The normalized spacial score (nSPS) is 10.3. The molecule has 0 aliphatic carbocycles. The molecule has 0 aliphatic heterocycles. The SMILES string of the molecule is CC=Cc1ccc(NC(C)=O)cc1. The van der Waals surface area contributed by atoms with Crippen molar-refractivity contribution in [3.8, 4) is 0 Å². The molecule has 0 bridgehead atoms. The van der Waals surface area contributed by atoms with Gasteiger partial charge in [-0.05, 0) is 24.6 Å². The van der Waals surface area contributed by atoms with Crippen molar-refractivity contribution in [1.29, 1.82) is 0 Å². The third kappa shape index (κ3) is 3.11. The summed E-state index contributed by atoms with van der Waals surface area (Å²) in [4.78, 5) is 10.7. The Bertz CT molecular complexity index is 311. The predicted molar refractivity (Wildman–Crippen MR) is 55.5 cm³/mol. The molecule has 2 heteroatoms. The van der Waals surface area contributed by atoms with Crippen molar-refractivity contribution in [2.45, 2.75) is 13.8 Å². The monoisotopic (exact) mass is 175 g/mol. The first-order valence-corrected chi connectivity index (χ1v) is 4.22. The lowest BCUT2D eigenvalue weighted by molar-refractivity contribution is -0.114. The fourth-order valence-electron chi connectivity index (χ4n) is 1.07. The molecule has 0 saturated carbocycles. The van der Waals surface area contributed by atoms with Crippen molar-refractivity contribution < 1.29 is 4.79 Å². The summed E-state index contributed by atoms with van der Waals surface area (Å²) >= 11 is 0. The maximum Gasteiger partial charge on any atom is 0.221 e. The van der Waals surface area contributed by atoms with Gasteiger partial charge in [-0.2, -0.15) is 0 Å². The van der Waals surface area contributed by atoms with Crippen molar-refractivity contribution in [2.75, 3.05) is 5.32 Å². The second-order valence-corrected chi connectivity index (χ2v) is 2.80. The fraction of sp³-hybridized carbons (Fsp3) is 0.182. The molecule has 0 heterocycles. The van der Waals surface area contributed by atoms with Gasteiger partial charge in [-0.25, -0.2) is 0 Å². The molecule has 0 atom stereocenters. The van der Waals surface area contributed by atoms with Crippen LogP contribution in [0.25, 0.3) is 6.08 Å². The molecule has 0 aliphatic rings. The molecular formula is C11H13NO. The molecular weight excluding hydrogens is 162 g/mol. The number of nitrogens with one attached hydrogen (secondary N) is 1. The van der Waals surface area contributed by atoms with Crippen molar-refractivity contribution >= 4 is 17.7 Å². The van der Waals surface area contributed by atoms with Crippen LogP contribution in [0.4, 0.5) is 5.69 Å². The van der Waals surface area contributed by atoms with Gasteiger partial charge in [0.1, 0.15) is 0 Å². The Labute approximate surface area is 78.3 Å². The molecule has 1 rings (SSSR count). The summed E-state index contributed by atoms with van der Waals surface area (Å²) < 4.78 is 0. The van der Waals surface area contributed by atoms with Gasteiger partial charge in [0.15, 0.2) is 0 Å². The van der Waals surface area contributed by atoms with Gasteiger partial charge in [-0.1, -0.05) is 24.3 Å². The van der Waals surface area contributed by atoms with Crippen molar-refractivity contribution in [3.63, 3.8) is 0 Å². The van der Waals surface area contributed by atoms with E-state index in [0.717, 1.165) is 11.3 Å². The molecule has 2 nitrogen and oxygen atoms in total. The smallest absolute Gasteiger partial charge is 0.221 e. The molecule has 1 aromatic carbocycles. The Morgan fingerprint density at radius 2 is 1.92 bits per heavy atom. The van der Waals surface area contributed by atoms with E-state index in [2.05, 4.69) is 5.32 Å². The minimum Gasteiger partial charge on any atom is -0.326 e. The van der Waals surface area contributed by atoms with E-state index in [1.54, 1.807) is 0 Å². The minimum absolute atomic E-state index is 0.0428. The molecule has 1 amide bonds. The van der Waals surface area contributed by atoms with E-state index in [4.69, 9.17) is 0 Å². The molecule has 1 aromatic rings. The highest BCUT2D eigenvalue weighted by Gasteiger charge is 1.93. The molecule has 0 fully saturated rings. The highest BCUT2D eigenvalue weighted by Crippen LogP contribution is 2.10. The van der Waals surface area contributed by atoms with E-state index in [-0.39, 0.29) is 5.91 Å². The number of carbonyl (C=O) groups excluding carboxylic acids is 1. The number of hydrogen-bond acceptors (Lipinski definition) is 1. The van der Waals surface area contributed by atoms with Crippen molar-refractivity contribution in [2.24, 2.45) is 0 Å². The van der Waals surface area contributed by atoms with Crippen LogP contribution in [0.15, 0.2) is 30.3 Å². The van der Waals surface area contributed by atoms with Gasteiger partial charge in [0, 0.05) is 12.6 Å². The van der Waals surface area contributed by atoms with Gasteiger partial charge in [0.2, 0.25) is 5.91 Å². The van der Waals surface area contributed by atoms with Crippen LogP contribution in [0.5, 0.6) is 0 Å².